The Morgan fingerprint density at radius 3 is 2.64 bits per heavy atom. The van der Waals surface area contributed by atoms with Crippen molar-refractivity contribution in [2.45, 2.75) is 6.54 Å². The predicted molar refractivity (Wildman–Crippen MR) is 79.0 cm³/mol. The van der Waals surface area contributed by atoms with Gasteiger partial charge >= 0.3 is 11.7 Å². The summed E-state index contributed by atoms with van der Waals surface area (Å²) in [5, 5.41) is 14.5. The lowest BCUT2D eigenvalue weighted by molar-refractivity contribution is -0.608. The van der Waals surface area contributed by atoms with Crippen LogP contribution in [0.15, 0.2) is 48.7 Å². The molecule has 0 bridgehead atoms. The van der Waals surface area contributed by atoms with E-state index in [0.29, 0.717) is 9.75 Å². The number of nitrogens with zero attached hydrogens (tertiary/aromatic N) is 1. The summed E-state index contributed by atoms with van der Waals surface area (Å²) in [5.41, 5.74) is 0.575. The minimum absolute atomic E-state index is 0.179. The van der Waals surface area contributed by atoms with Crippen LogP contribution in [0.1, 0.15) is 16.1 Å². The number of rotatable bonds is 5. The molecule has 6 nitrogen and oxygen atoms in total. The maximum atomic E-state index is 11.7. The summed E-state index contributed by atoms with van der Waals surface area (Å²) >= 11 is 5.96. The third-order valence-corrected chi connectivity index (χ3v) is 3.17. The molecule has 0 saturated heterocycles. The number of hydrogen-bond acceptors (Lipinski definition) is 4. The number of nitrogens with one attached hydrogen (secondary N) is 1. The van der Waals surface area contributed by atoms with E-state index >= 15 is 0 Å². The number of ether oxygens (including phenoxy) is 1. The lowest BCUT2D eigenvalue weighted by Crippen LogP contribution is -2.36. The van der Waals surface area contributed by atoms with E-state index in [4.69, 9.17) is 16.3 Å². The smallest absolute Gasteiger partial charge is 0.405 e. The second-order valence-electron chi connectivity index (χ2n) is 4.36. The molecule has 0 aliphatic carbocycles. The lowest BCUT2D eigenvalue weighted by Gasteiger charge is -2.07. The first-order valence-corrected chi connectivity index (χ1v) is 6.81. The van der Waals surface area contributed by atoms with E-state index in [9.17, 15) is 14.8 Å². The molecule has 2 aromatic rings. The van der Waals surface area contributed by atoms with Crippen molar-refractivity contribution in [2.75, 3.05) is 6.61 Å². The van der Waals surface area contributed by atoms with Crippen LogP contribution >= 0.6 is 11.6 Å². The molecular formula is C15H13ClN2O4. The number of aromatic nitrogens is 1. The fourth-order valence-electron chi connectivity index (χ4n) is 1.68. The lowest BCUT2D eigenvalue weighted by atomic mass is 10.2. The number of benzene rings is 1. The van der Waals surface area contributed by atoms with E-state index in [1.807, 2.05) is 0 Å². The Labute approximate surface area is 131 Å². The second-order valence-corrected chi connectivity index (χ2v) is 4.76. The maximum Gasteiger partial charge on any atom is 0.405 e. The number of pyridine rings is 1. The van der Waals surface area contributed by atoms with Crippen molar-refractivity contribution in [1.82, 2.24) is 5.32 Å². The van der Waals surface area contributed by atoms with Gasteiger partial charge in [-0.15, -0.1) is 0 Å². The largest absolute Gasteiger partial charge is 0.618 e. The van der Waals surface area contributed by atoms with Gasteiger partial charge < -0.3 is 15.3 Å². The van der Waals surface area contributed by atoms with Gasteiger partial charge in [0.1, 0.15) is 0 Å². The highest BCUT2D eigenvalue weighted by Crippen LogP contribution is 2.14. The molecule has 1 aromatic heterocycles. The van der Waals surface area contributed by atoms with Crippen molar-refractivity contribution < 1.29 is 19.1 Å². The average Bonchev–Trinajstić information content (AvgIpc) is 2.52. The summed E-state index contributed by atoms with van der Waals surface area (Å²) in [5.74, 6) is -1.34. The maximum absolute atomic E-state index is 11.7. The van der Waals surface area contributed by atoms with Crippen molar-refractivity contribution in [2.24, 2.45) is 0 Å². The molecule has 0 spiro atoms. The van der Waals surface area contributed by atoms with E-state index < -0.39 is 18.5 Å². The Bertz CT molecular complexity index is 691. The number of amides is 1. The molecule has 1 N–H and O–H groups in total. The van der Waals surface area contributed by atoms with E-state index in [-0.39, 0.29) is 12.2 Å². The van der Waals surface area contributed by atoms with Gasteiger partial charge in [-0.1, -0.05) is 29.8 Å². The normalized spacial score (nSPS) is 10.0. The van der Waals surface area contributed by atoms with Crippen molar-refractivity contribution in [3.8, 4) is 0 Å². The molecule has 1 heterocycles. The molecule has 0 fully saturated rings. The molecule has 0 atom stereocenters. The Hall–Kier alpha value is -2.60. The molecule has 1 amide bonds. The zero-order valence-corrected chi connectivity index (χ0v) is 12.2. The molecule has 22 heavy (non-hydrogen) atoms. The van der Waals surface area contributed by atoms with E-state index in [0.717, 1.165) is 5.56 Å². The zero-order valence-electron chi connectivity index (χ0n) is 11.5. The van der Waals surface area contributed by atoms with Crippen molar-refractivity contribution in [1.29, 1.82) is 0 Å². The quantitative estimate of drug-likeness (QED) is 0.513. The number of carbonyl (C=O) groups excluding carboxylic acids is 2. The third-order valence-electron chi connectivity index (χ3n) is 2.80. The summed E-state index contributed by atoms with van der Waals surface area (Å²) in [6, 6.07) is 11.4. The van der Waals surface area contributed by atoms with Gasteiger partial charge in [0.05, 0.1) is 0 Å². The van der Waals surface area contributed by atoms with Gasteiger partial charge in [-0.05, 0) is 17.7 Å². The predicted octanol–water partition coefficient (Wildman–Crippen LogP) is 1.45. The second kappa shape index (κ2) is 7.42. The zero-order chi connectivity index (χ0) is 15.9. The number of esters is 1. The highest BCUT2D eigenvalue weighted by Gasteiger charge is 2.18. The topological polar surface area (TPSA) is 82.3 Å². The van der Waals surface area contributed by atoms with Crippen LogP contribution in [0.3, 0.4) is 0 Å². The highest BCUT2D eigenvalue weighted by atomic mass is 35.5. The third kappa shape index (κ3) is 4.20. The molecule has 0 saturated carbocycles. The Kier molecular flexibility index (Phi) is 5.32. The molecule has 2 rings (SSSR count). The molecule has 0 radical (unpaired) electrons. The van der Waals surface area contributed by atoms with Crippen LogP contribution in [0.25, 0.3) is 0 Å². The van der Waals surface area contributed by atoms with Crippen LogP contribution in [0.5, 0.6) is 0 Å². The number of halogens is 1. The molecule has 114 valence electrons. The van der Waals surface area contributed by atoms with Gasteiger partial charge in [-0.2, -0.15) is 4.73 Å². The molecule has 0 unspecified atom stereocenters. The molecule has 7 heteroatoms. The van der Waals surface area contributed by atoms with Crippen LogP contribution in [-0.2, 0) is 16.1 Å². The van der Waals surface area contributed by atoms with Gasteiger partial charge in [-0.25, -0.2) is 4.79 Å². The minimum atomic E-state index is -0.858. The first-order chi connectivity index (χ1) is 10.6. The fraction of sp³-hybridized carbons (Fsp3) is 0.133. The van der Waals surface area contributed by atoms with E-state index in [1.54, 1.807) is 24.3 Å². The fourth-order valence-corrected chi connectivity index (χ4v) is 1.88. The number of carbonyl (C=O) groups is 2. The summed E-state index contributed by atoms with van der Waals surface area (Å²) in [6.45, 7) is -0.249. The summed E-state index contributed by atoms with van der Waals surface area (Å²) in [7, 11) is 0. The minimum Gasteiger partial charge on any atom is -0.618 e. The van der Waals surface area contributed by atoms with Crippen LogP contribution in [-0.4, -0.2) is 18.5 Å². The van der Waals surface area contributed by atoms with Gasteiger partial charge in [0.25, 0.3) is 5.91 Å². The van der Waals surface area contributed by atoms with Crippen molar-refractivity contribution >= 4 is 23.5 Å². The van der Waals surface area contributed by atoms with Crippen molar-refractivity contribution in [3.05, 3.63) is 70.1 Å². The standard InChI is InChI=1S/C15H13ClN2O4/c16-12-6-2-1-5-11(12)9-17-14(19)10-22-15(20)13-7-3-4-8-18(13)21/h1-8H,9-10H2,(H,17,19). The van der Waals surface area contributed by atoms with Crippen LogP contribution in [0.4, 0.5) is 0 Å². The summed E-state index contributed by atoms with van der Waals surface area (Å²) in [6.07, 6.45) is 1.17. The first-order valence-electron chi connectivity index (χ1n) is 6.43. The number of hydrogen-bond donors (Lipinski definition) is 1. The van der Waals surface area contributed by atoms with E-state index in [1.165, 1.54) is 24.4 Å². The molecule has 0 aliphatic rings. The SMILES string of the molecule is O=C(COC(=O)c1cccc[n+]1[O-])NCc1ccccc1Cl. The summed E-state index contributed by atoms with van der Waals surface area (Å²) in [4.78, 5) is 23.3. The summed E-state index contributed by atoms with van der Waals surface area (Å²) < 4.78 is 5.16. The first kappa shape index (κ1) is 15.8. The Balaban J connectivity index is 1.82. The molecule has 1 aromatic carbocycles. The van der Waals surface area contributed by atoms with Crippen LogP contribution < -0.4 is 10.0 Å². The average molecular weight is 321 g/mol. The van der Waals surface area contributed by atoms with Gasteiger partial charge in [0, 0.05) is 23.7 Å². The van der Waals surface area contributed by atoms with Crippen LogP contribution in [0, 0.1) is 5.21 Å². The Morgan fingerprint density at radius 1 is 1.18 bits per heavy atom. The van der Waals surface area contributed by atoms with Crippen LogP contribution in [0.2, 0.25) is 5.02 Å². The van der Waals surface area contributed by atoms with Crippen molar-refractivity contribution in [3.63, 3.8) is 0 Å². The van der Waals surface area contributed by atoms with Gasteiger partial charge in [0.15, 0.2) is 12.8 Å². The highest BCUT2D eigenvalue weighted by molar-refractivity contribution is 6.31. The molecular weight excluding hydrogens is 308 g/mol. The molecule has 0 aliphatic heterocycles. The Morgan fingerprint density at radius 2 is 1.91 bits per heavy atom. The van der Waals surface area contributed by atoms with Gasteiger partial charge in [-0.3, -0.25) is 4.79 Å². The van der Waals surface area contributed by atoms with E-state index in [2.05, 4.69) is 5.32 Å². The monoisotopic (exact) mass is 320 g/mol. The van der Waals surface area contributed by atoms with Gasteiger partial charge in [0.2, 0.25) is 0 Å².